The number of hydrogen-bond donors (Lipinski definition) is 2. The van der Waals surface area contributed by atoms with Crippen molar-refractivity contribution in [1.29, 1.82) is 0 Å². The van der Waals surface area contributed by atoms with Gasteiger partial charge in [0.05, 0.1) is 0 Å². The van der Waals surface area contributed by atoms with Crippen LogP contribution in [0, 0.1) is 6.92 Å². The Morgan fingerprint density at radius 3 is 3.00 bits per heavy atom. The summed E-state index contributed by atoms with van der Waals surface area (Å²) in [6.45, 7) is 5.76. The van der Waals surface area contributed by atoms with Gasteiger partial charge in [-0.2, -0.15) is 5.10 Å². The SMILES string of the molecule is CC=CN1C=CC=CC1N1CC[C@H](Oc2nc(-c3n[nH]c(=O)[nH]3)ccc2C)C1. The van der Waals surface area contributed by atoms with Crippen LogP contribution >= 0.6 is 0 Å². The zero-order chi connectivity index (χ0) is 19.5. The fourth-order valence-electron chi connectivity index (χ4n) is 3.52. The molecule has 2 aromatic heterocycles. The first kappa shape index (κ1) is 18.2. The second-order valence-electron chi connectivity index (χ2n) is 6.94. The molecule has 0 bridgehead atoms. The molecule has 2 atom stereocenters. The van der Waals surface area contributed by atoms with E-state index in [4.69, 9.17) is 4.74 Å². The van der Waals surface area contributed by atoms with E-state index in [1.54, 1.807) is 0 Å². The molecular weight excluding hydrogens is 356 g/mol. The summed E-state index contributed by atoms with van der Waals surface area (Å²) in [5.41, 5.74) is 1.18. The topological polar surface area (TPSA) is 90.1 Å². The van der Waals surface area contributed by atoms with Crippen LogP contribution in [0.2, 0.25) is 0 Å². The molecule has 4 heterocycles. The molecule has 1 saturated heterocycles. The van der Waals surface area contributed by atoms with Crippen LogP contribution in [-0.2, 0) is 0 Å². The van der Waals surface area contributed by atoms with Crippen LogP contribution in [0.4, 0.5) is 0 Å². The summed E-state index contributed by atoms with van der Waals surface area (Å²) in [5.74, 6) is 0.988. The van der Waals surface area contributed by atoms with Crippen LogP contribution in [0.15, 0.2) is 53.6 Å². The molecule has 0 aromatic carbocycles. The Kier molecular flexibility index (Phi) is 5.12. The standard InChI is InChI=1S/C20H24N6O2/c1-3-10-25-11-5-4-6-17(25)26-12-9-15(13-26)28-19-14(2)7-8-16(21-19)18-22-20(27)24-23-18/h3-8,10-11,15,17H,9,12-13H2,1-2H3,(H2,22,23,24,27)/t15-,17?/m0/s1. The summed E-state index contributed by atoms with van der Waals surface area (Å²) in [5, 5.41) is 6.30. The fourth-order valence-corrected chi connectivity index (χ4v) is 3.52. The maximum absolute atomic E-state index is 11.3. The zero-order valence-corrected chi connectivity index (χ0v) is 16.0. The molecule has 0 aliphatic carbocycles. The van der Waals surface area contributed by atoms with E-state index >= 15 is 0 Å². The van der Waals surface area contributed by atoms with Gasteiger partial charge in [0.15, 0.2) is 5.82 Å². The summed E-state index contributed by atoms with van der Waals surface area (Å²) in [6, 6.07) is 3.75. The van der Waals surface area contributed by atoms with Crippen molar-refractivity contribution in [2.24, 2.45) is 0 Å². The van der Waals surface area contributed by atoms with Gasteiger partial charge in [0.2, 0.25) is 5.88 Å². The third-order valence-electron chi connectivity index (χ3n) is 4.90. The van der Waals surface area contributed by atoms with Gasteiger partial charge < -0.3 is 9.64 Å². The number of likely N-dealkylation sites (tertiary alicyclic amines) is 1. The molecule has 2 aliphatic heterocycles. The number of aryl methyl sites for hydroxylation is 1. The van der Waals surface area contributed by atoms with Crippen molar-refractivity contribution in [1.82, 2.24) is 30.0 Å². The third-order valence-corrected chi connectivity index (χ3v) is 4.90. The summed E-state index contributed by atoms with van der Waals surface area (Å²) >= 11 is 0. The van der Waals surface area contributed by atoms with E-state index in [1.807, 2.05) is 38.1 Å². The first-order valence-electron chi connectivity index (χ1n) is 9.42. The van der Waals surface area contributed by atoms with Crippen LogP contribution in [0.3, 0.4) is 0 Å². The number of H-pyrrole nitrogens is 2. The Balaban J connectivity index is 1.46. The van der Waals surface area contributed by atoms with Crippen LogP contribution < -0.4 is 10.4 Å². The quantitative estimate of drug-likeness (QED) is 0.826. The molecule has 8 nitrogen and oxygen atoms in total. The molecule has 2 aliphatic rings. The molecule has 0 saturated carbocycles. The van der Waals surface area contributed by atoms with Crippen molar-refractivity contribution < 1.29 is 4.74 Å². The molecule has 0 radical (unpaired) electrons. The number of nitrogens with one attached hydrogen (secondary N) is 2. The highest BCUT2D eigenvalue weighted by molar-refractivity contribution is 5.50. The average molecular weight is 380 g/mol. The lowest BCUT2D eigenvalue weighted by atomic mass is 10.2. The monoisotopic (exact) mass is 380 g/mol. The summed E-state index contributed by atoms with van der Waals surface area (Å²) in [4.78, 5) is 23.1. The molecular formula is C20H24N6O2. The number of nitrogens with zero attached hydrogens (tertiary/aromatic N) is 4. The smallest absolute Gasteiger partial charge is 0.340 e. The highest BCUT2D eigenvalue weighted by atomic mass is 16.5. The largest absolute Gasteiger partial charge is 0.473 e. The maximum Gasteiger partial charge on any atom is 0.340 e. The molecule has 4 rings (SSSR count). The van der Waals surface area contributed by atoms with Crippen molar-refractivity contribution in [2.45, 2.75) is 32.5 Å². The third kappa shape index (κ3) is 3.77. The number of aromatic amines is 2. The van der Waals surface area contributed by atoms with Crippen LogP contribution in [0.5, 0.6) is 5.88 Å². The Morgan fingerprint density at radius 1 is 1.32 bits per heavy atom. The summed E-state index contributed by atoms with van der Waals surface area (Å²) in [7, 11) is 0. The minimum atomic E-state index is -0.355. The Labute approximate surface area is 163 Å². The van der Waals surface area contributed by atoms with Gasteiger partial charge in [-0.3, -0.25) is 9.88 Å². The Hall–Kier alpha value is -3.13. The van der Waals surface area contributed by atoms with Crippen molar-refractivity contribution >= 4 is 0 Å². The van der Waals surface area contributed by atoms with Crippen LogP contribution in [0.1, 0.15) is 18.9 Å². The first-order chi connectivity index (χ1) is 13.6. The van der Waals surface area contributed by atoms with Gasteiger partial charge in [0.25, 0.3) is 0 Å². The lowest BCUT2D eigenvalue weighted by Crippen LogP contribution is -2.42. The highest BCUT2D eigenvalue weighted by Gasteiger charge is 2.31. The number of pyridine rings is 1. The molecule has 2 N–H and O–H groups in total. The molecule has 1 fully saturated rings. The lowest BCUT2D eigenvalue weighted by molar-refractivity contribution is 0.141. The number of aromatic nitrogens is 4. The van der Waals surface area contributed by atoms with Gasteiger partial charge in [-0.25, -0.2) is 14.9 Å². The van der Waals surface area contributed by atoms with E-state index in [-0.39, 0.29) is 18.0 Å². The number of hydrogen-bond acceptors (Lipinski definition) is 6. The minimum Gasteiger partial charge on any atom is -0.473 e. The van der Waals surface area contributed by atoms with E-state index in [1.165, 1.54) is 0 Å². The van der Waals surface area contributed by atoms with Gasteiger partial charge >= 0.3 is 5.69 Å². The minimum absolute atomic E-state index is 0.0615. The van der Waals surface area contributed by atoms with Gasteiger partial charge in [-0.05, 0) is 38.5 Å². The van der Waals surface area contributed by atoms with Crippen molar-refractivity contribution in [3.8, 4) is 17.4 Å². The predicted octanol–water partition coefficient (Wildman–Crippen LogP) is 2.17. The molecule has 146 valence electrons. The van der Waals surface area contributed by atoms with Gasteiger partial charge in [0.1, 0.15) is 18.0 Å². The molecule has 8 heteroatoms. The maximum atomic E-state index is 11.3. The summed E-state index contributed by atoms with van der Waals surface area (Å²) in [6.07, 6.45) is 13.7. The Bertz CT molecular complexity index is 973. The van der Waals surface area contributed by atoms with Crippen molar-refractivity contribution in [2.75, 3.05) is 13.1 Å². The summed E-state index contributed by atoms with van der Waals surface area (Å²) < 4.78 is 6.23. The highest BCUT2D eigenvalue weighted by Crippen LogP contribution is 2.25. The molecule has 1 unspecified atom stereocenters. The van der Waals surface area contributed by atoms with Gasteiger partial charge in [-0.1, -0.05) is 18.2 Å². The van der Waals surface area contributed by atoms with Gasteiger partial charge in [-0.15, -0.1) is 0 Å². The lowest BCUT2D eigenvalue weighted by Gasteiger charge is -2.34. The second kappa shape index (κ2) is 7.85. The zero-order valence-electron chi connectivity index (χ0n) is 16.0. The normalized spacial score (nSPS) is 22.4. The Morgan fingerprint density at radius 2 is 2.21 bits per heavy atom. The van der Waals surface area contributed by atoms with E-state index in [0.29, 0.717) is 17.4 Å². The van der Waals surface area contributed by atoms with Crippen molar-refractivity contribution in [3.05, 3.63) is 64.9 Å². The van der Waals surface area contributed by atoms with Crippen molar-refractivity contribution in [3.63, 3.8) is 0 Å². The predicted molar refractivity (Wildman–Crippen MR) is 107 cm³/mol. The average Bonchev–Trinajstić information content (AvgIpc) is 3.33. The second-order valence-corrected chi connectivity index (χ2v) is 6.94. The number of ether oxygens (including phenoxy) is 1. The molecule has 28 heavy (non-hydrogen) atoms. The van der Waals surface area contributed by atoms with E-state index in [0.717, 1.165) is 25.1 Å². The number of rotatable bonds is 5. The molecule has 0 amide bonds. The van der Waals surface area contributed by atoms with Crippen LogP contribution in [0.25, 0.3) is 11.5 Å². The van der Waals surface area contributed by atoms with E-state index in [2.05, 4.69) is 54.5 Å². The molecule has 2 aromatic rings. The number of allylic oxidation sites excluding steroid dienone is 3. The van der Waals surface area contributed by atoms with Gasteiger partial charge in [0, 0.05) is 31.1 Å². The van der Waals surface area contributed by atoms with Crippen LogP contribution in [-0.4, -0.2) is 55.3 Å². The molecule has 0 spiro atoms. The fraction of sp³-hybridized carbons (Fsp3) is 0.350. The van der Waals surface area contributed by atoms with E-state index in [9.17, 15) is 4.79 Å². The first-order valence-corrected chi connectivity index (χ1v) is 9.42. The van der Waals surface area contributed by atoms with E-state index < -0.39 is 0 Å².